The first-order valence-corrected chi connectivity index (χ1v) is 5.87. The maximum Gasteiger partial charge on any atom is 0.285 e. The van der Waals surface area contributed by atoms with Gasteiger partial charge in [-0.05, 0) is 6.07 Å². The van der Waals surface area contributed by atoms with Gasteiger partial charge in [0.15, 0.2) is 0 Å². The van der Waals surface area contributed by atoms with E-state index in [1.807, 2.05) is 0 Å². The van der Waals surface area contributed by atoms with Crippen LogP contribution in [0.15, 0.2) is 35.3 Å². The molecule has 1 aromatic heterocycles. The minimum atomic E-state index is -1.06. The van der Waals surface area contributed by atoms with Crippen LogP contribution < -0.4 is 10.9 Å². The largest absolute Gasteiger partial charge is 0.386 e. The van der Waals surface area contributed by atoms with Crippen molar-refractivity contribution in [2.24, 2.45) is 0 Å². The fourth-order valence-electron chi connectivity index (χ4n) is 1.57. The van der Waals surface area contributed by atoms with Gasteiger partial charge in [0.25, 0.3) is 5.56 Å². The Bertz CT molecular complexity index is 632. The first-order chi connectivity index (χ1) is 9.09. The number of aliphatic hydroxyl groups is 1. The molecule has 0 aliphatic rings. The minimum absolute atomic E-state index is 0.00574. The molecule has 1 heterocycles. The number of halogens is 2. The number of hydrogen-bond donors (Lipinski definition) is 3. The summed E-state index contributed by atoms with van der Waals surface area (Å²) < 4.78 is 13.4. The summed E-state index contributed by atoms with van der Waals surface area (Å²) in [7, 11) is 0. The highest BCUT2D eigenvalue weighted by molar-refractivity contribution is 6.32. The summed E-state index contributed by atoms with van der Waals surface area (Å²) >= 11 is 5.75. The Labute approximate surface area is 113 Å². The first kappa shape index (κ1) is 13.5. The molecule has 0 fully saturated rings. The molecule has 0 saturated heterocycles. The molecule has 2 aromatic rings. The van der Waals surface area contributed by atoms with Gasteiger partial charge in [-0.3, -0.25) is 4.79 Å². The molecular formula is C12H11ClFN3O2. The Kier molecular flexibility index (Phi) is 4.13. The van der Waals surface area contributed by atoms with Crippen LogP contribution in [-0.4, -0.2) is 21.8 Å². The molecule has 1 atom stereocenters. The van der Waals surface area contributed by atoms with Gasteiger partial charge >= 0.3 is 0 Å². The van der Waals surface area contributed by atoms with Crippen molar-refractivity contribution in [1.29, 1.82) is 0 Å². The summed E-state index contributed by atoms with van der Waals surface area (Å²) in [4.78, 5) is 11.2. The summed E-state index contributed by atoms with van der Waals surface area (Å²) in [6.07, 6.45) is 0.259. The molecular weight excluding hydrogens is 273 g/mol. The van der Waals surface area contributed by atoms with E-state index in [-0.39, 0.29) is 22.8 Å². The van der Waals surface area contributed by atoms with E-state index in [4.69, 9.17) is 11.6 Å². The second-order valence-corrected chi connectivity index (χ2v) is 4.22. The highest BCUT2D eigenvalue weighted by Gasteiger charge is 2.13. The van der Waals surface area contributed by atoms with E-state index >= 15 is 0 Å². The highest BCUT2D eigenvalue weighted by Crippen LogP contribution is 2.19. The predicted octanol–water partition coefficient (Wildman–Crippen LogP) is 1.71. The number of nitrogens with one attached hydrogen (secondary N) is 2. The fraction of sp³-hybridized carbons (Fsp3) is 0.167. The lowest BCUT2D eigenvalue weighted by Crippen LogP contribution is -2.17. The van der Waals surface area contributed by atoms with Crippen LogP contribution in [0.2, 0.25) is 5.02 Å². The fourth-order valence-corrected chi connectivity index (χ4v) is 1.73. The first-order valence-electron chi connectivity index (χ1n) is 5.49. The molecule has 0 bridgehead atoms. The van der Waals surface area contributed by atoms with E-state index in [9.17, 15) is 14.3 Å². The van der Waals surface area contributed by atoms with Gasteiger partial charge in [-0.1, -0.05) is 29.8 Å². The van der Waals surface area contributed by atoms with Crippen molar-refractivity contribution in [2.75, 3.05) is 11.9 Å². The van der Waals surface area contributed by atoms with Crippen LogP contribution in [0.25, 0.3) is 0 Å². The van der Waals surface area contributed by atoms with Crippen LogP contribution in [0.4, 0.5) is 10.1 Å². The Hall–Kier alpha value is -1.92. The average Bonchev–Trinajstić information content (AvgIpc) is 2.40. The lowest BCUT2D eigenvalue weighted by Gasteiger charge is -2.14. The van der Waals surface area contributed by atoms with Gasteiger partial charge in [0.2, 0.25) is 0 Å². The average molecular weight is 284 g/mol. The molecule has 0 amide bonds. The van der Waals surface area contributed by atoms with Gasteiger partial charge < -0.3 is 10.4 Å². The van der Waals surface area contributed by atoms with Crippen molar-refractivity contribution in [3.8, 4) is 0 Å². The lowest BCUT2D eigenvalue weighted by molar-refractivity contribution is 0.186. The van der Waals surface area contributed by atoms with Gasteiger partial charge in [0.1, 0.15) is 10.8 Å². The minimum Gasteiger partial charge on any atom is -0.386 e. The molecule has 1 unspecified atom stereocenters. The van der Waals surface area contributed by atoms with E-state index in [1.54, 1.807) is 6.07 Å². The molecule has 2 rings (SSSR count). The maximum absolute atomic E-state index is 13.4. The number of H-pyrrole nitrogens is 1. The second-order valence-electron chi connectivity index (χ2n) is 3.84. The normalized spacial score (nSPS) is 12.2. The zero-order valence-corrected chi connectivity index (χ0v) is 10.5. The van der Waals surface area contributed by atoms with Gasteiger partial charge in [-0.2, -0.15) is 5.10 Å². The standard InChI is InChI=1S/C12H11ClFN3O2/c13-11-9(5-16-17-12(11)19)15-6-10(18)7-3-1-2-4-8(7)14/h1-5,10,18H,6H2,(H2,15,17,19). The molecule has 0 radical (unpaired) electrons. The Morgan fingerprint density at radius 2 is 2.21 bits per heavy atom. The quantitative estimate of drug-likeness (QED) is 0.798. The molecule has 0 aliphatic carbocycles. The molecule has 0 spiro atoms. The third kappa shape index (κ3) is 3.10. The zero-order valence-electron chi connectivity index (χ0n) is 9.73. The van der Waals surface area contributed by atoms with Crippen LogP contribution in [0.5, 0.6) is 0 Å². The maximum atomic E-state index is 13.4. The topological polar surface area (TPSA) is 78.0 Å². The SMILES string of the molecule is O=c1[nH]ncc(NCC(O)c2ccccc2F)c1Cl. The molecule has 5 nitrogen and oxygen atoms in total. The van der Waals surface area contributed by atoms with E-state index in [2.05, 4.69) is 15.5 Å². The van der Waals surface area contributed by atoms with Crippen molar-refractivity contribution < 1.29 is 9.50 Å². The van der Waals surface area contributed by atoms with E-state index < -0.39 is 17.5 Å². The second kappa shape index (κ2) is 5.81. The number of aromatic nitrogens is 2. The number of nitrogens with zero attached hydrogens (tertiary/aromatic N) is 1. The van der Waals surface area contributed by atoms with Crippen LogP contribution in [-0.2, 0) is 0 Å². The molecule has 0 saturated carbocycles. The van der Waals surface area contributed by atoms with Crippen LogP contribution >= 0.6 is 11.6 Å². The van der Waals surface area contributed by atoms with Gasteiger partial charge in [-0.25, -0.2) is 9.49 Å². The number of anilines is 1. The van der Waals surface area contributed by atoms with Crippen LogP contribution in [0.1, 0.15) is 11.7 Å². The van der Waals surface area contributed by atoms with Gasteiger partial charge in [0.05, 0.1) is 18.0 Å². The molecule has 19 heavy (non-hydrogen) atoms. The number of rotatable bonds is 4. The Balaban J connectivity index is 2.09. The summed E-state index contributed by atoms with van der Waals surface area (Å²) in [5, 5.41) is 18.3. The predicted molar refractivity (Wildman–Crippen MR) is 69.7 cm³/mol. The molecule has 100 valence electrons. The van der Waals surface area contributed by atoms with Crippen molar-refractivity contribution in [3.05, 3.63) is 57.2 Å². The number of hydrogen-bond acceptors (Lipinski definition) is 4. The molecule has 3 N–H and O–H groups in total. The Morgan fingerprint density at radius 1 is 1.47 bits per heavy atom. The van der Waals surface area contributed by atoms with Crippen molar-refractivity contribution in [3.63, 3.8) is 0 Å². The highest BCUT2D eigenvalue weighted by atomic mass is 35.5. The van der Waals surface area contributed by atoms with Crippen molar-refractivity contribution in [2.45, 2.75) is 6.10 Å². The lowest BCUT2D eigenvalue weighted by atomic mass is 10.1. The number of aromatic amines is 1. The third-order valence-electron chi connectivity index (χ3n) is 2.55. The number of aliphatic hydroxyl groups excluding tert-OH is 1. The summed E-state index contributed by atoms with van der Waals surface area (Å²) in [6, 6.07) is 5.92. The van der Waals surface area contributed by atoms with Gasteiger partial charge in [0, 0.05) is 12.1 Å². The summed E-state index contributed by atoms with van der Waals surface area (Å²) in [5.41, 5.74) is -0.0863. The van der Waals surface area contributed by atoms with E-state index in [0.29, 0.717) is 0 Å². The van der Waals surface area contributed by atoms with Crippen molar-refractivity contribution in [1.82, 2.24) is 10.2 Å². The van der Waals surface area contributed by atoms with Crippen LogP contribution in [0, 0.1) is 5.82 Å². The smallest absolute Gasteiger partial charge is 0.285 e. The summed E-state index contributed by atoms with van der Waals surface area (Å²) in [5.74, 6) is -0.494. The third-order valence-corrected chi connectivity index (χ3v) is 2.92. The zero-order chi connectivity index (χ0) is 13.8. The van der Waals surface area contributed by atoms with Crippen molar-refractivity contribution >= 4 is 17.3 Å². The molecule has 0 aliphatic heterocycles. The van der Waals surface area contributed by atoms with Crippen LogP contribution in [0.3, 0.4) is 0 Å². The number of benzene rings is 1. The van der Waals surface area contributed by atoms with E-state index in [0.717, 1.165) is 0 Å². The molecule has 7 heteroatoms. The summed E-state index contributed by atoms with van der Waals surface area (Å²) in [6.45, 7) is 0.00574. The van der Waals surface area contributed by atoms with Gasteiger partial charge in [-0.15, -0.1) is 0 Å². The van der Waals surface area contributed by atoms with E-state index in [1.165, 1.54) is 24.4 Å². The Morgan fingerprint density at radius 3 is 2.95 bits per heavy atom. The molecule has 1 aromatic carbocycles. The monoisotopic (exact) mass is 283 g/mol.